The standard InChI is InChI=1S/C11H15FN2O2/c12-9-4-2-1-3-8(9)5-6-14-7-10(13)11(15)16/h1-4,10,14H,5-7,13H2,(H,15,16). The molecule has 5 heteroatoms. The van der Waals surface area contributed by atoms with Gasteiger partial charge in [0.2, 0.25) is 0 Å². The van der Waals surface area contributed by atoms with Gasteiger partial charge in [-0.25, -0.2) is 4.39 Å². The fourth-order valence-corrected chi connectivity index (χ4v) is 1.27. The van der Waals surface area contributed by atoms with E-state index in [9.17, 15) is 9.18 Å². The van der Waals surface area contributed by atoms with Crippen LogP contribution in [0.1, 0.15) is 5.56 Å². The summed E-state index contributed by atoms with van der Waals surface area (Å²) in [7, 11) is 0. The molecule has 1 unspecified atom stereocenters. The number of nitrogens with one attached hydrogen (secondary N) is 1. The Balaban J connectivity index is 2.26. The number of benzene rings is 1. The largest absolute Gasteiger partial charge is 0.480 e. The minimum atomic E-state index is -1.04. The lowest BCUT2D eigenvalue weighted by molar-refractivity contribution is -0.138. The second-order valence-corrected chi connectivity index (χ2v) is 3.49. The average molecular weight is 226 g/mol. The Hall–Kier alpha value is -1.46. The second-order valence-electron chi connectivity index (χ2n) is 3.49. The fourth-order valence-electron chi connectivity index (χ4n) is 1.27. The molecule has 0 aliphatic carbocycles. The Labute approximate surface area is 93.3 Å². The molecule has 0 aliphatic rings. The van der Waals surface area contributed by atoms with E-state index in [1.165, 1.54) is 6.07 Å². The first kappa shape index (κ1) is 12.6. The summed E-state index contributed by atoms with van der Waals surface area (Å²) in [6.07, 6.45) is 0.513. The average Bonchev–Trinajstić information content (AvgIpc) is 2.26. The quantitative estimate of drug-likeness (QED) is 0.613. The van der Waals surface area contributed by atoms with Crippen molar-refractivity contribution in [1.29, 1.82) is 0 Å². The summed E-state index contributed by atoms with van der Waals surface area (Å²) in [6.45, 7) is 0.686. The van der Waals surface area contributed by atoms with E-state index in [2.05, 4.69) is 5.32 Å². The molecule has 0 spiro atoms. The Kier molecular flexibility index (Phi) is 4.88. The van der Waals surface area contributed by atoms with Crippen molar-refractivity contribution in [3.8, 4) is 0 Å². The van der Waals surface area contributed by atoms with Crippen LogP contribution in [0.4, 0.5) is 4.39 Å². The molecule has 88 valence electrons. The van der Waals surface area contributed by atoms with E-state index in [1.807, 2.05) is 0 Å². The third-order valence-electron chi connectivity index (χ3n) is 2.21. The number of carboxylic acids is 1. The van der Waals surface area contributed by atoms with Gasteiger partial charge in [0, 0.05) is 6.54 Å². The molecular formula is C11H15FN2O2. The van der Waals surface area contributed by atoms with E-state index in [4.69, 9.17) is 10.8 Å². The summed E-state index contributed by atoms with van der Waals surface area (Å²) in [4.78, 5) is 10.4. The number of carbonyl (C=O) groups is 1. The molecule has 0 bridgehead atoms. The Morgan fingerprint density at radius 2 is 2.19 bits per heavy atom. The Morgan fingerprint density at radius 3 is 2.81 bits per heavy atom. The van der Waals surface area contributed by atoms with Gasteiger partial charge < -0.3 is 16.2 Å². The summed E-state index contributed by atoms with van der Waals surface area (Å²) < 4.78 is 13.2. The molecule has 1 aromatic carbocycles. The minimum Gasteiger partial charge on any atom is -0.480 e. The molecule has 0 fully saturated rings. The molecule has 1 rings (SSSR count). The molecular weight excluding hydrogens is 211 g/mol. The first-order chi connectivity index (χ1) is 7.61. The molecule has 16 heavy (non-hydrogen) atoms. The number of hydrogen-bond acceptors (Lipinski definition) is 3. The first-order valence-electron chi connectivity index (χ1n) is 5.03. The van der Waals surface area contributed by atoms with E-state index < -0.39 is 12.0 Å². The van der Waals surface area contributed by atoms with Crippen molar-refractivity contribution in [2.75, 3.05) is 13.1 Å². The maximum atomic E-state index is 13.2. The van der Waals surface area contributed by atoms with Crippen LogP contribution < -0.4 is 11.1 Å². The van der Waals surface area contributed by atoms with Crippen LogP contribution in [-0.2, 0) is 11.2 Å². The molecule has 0 aliphatic heterocycles. The van der Waals surface area contributed by atoms with Gasteiger partial charge >= 0.3 is 5.97 Å². The van der Waals surface area contributed by atoms with Crippen molar-refractivity contribution < 1.29 is 14.3 Å². The van der Waals surface area contributed by atoms with Gasteiger partial charge in [-0.1, -0.05) is 18.2 Å². The molecule has 0 radical (unpaired) electrons. The number of rotatable bonds is 6. The second kappa shape index (κ2) is 6.19. The van der Waals surface area contributed by atoms with E-state index in [1.54, 1.807) is 18.2 Å². The normalized spacial score (nSPS) is 12.4. The molecule has 4 nitrogen and oxygen atoms in total. The van der Waals surface area contributed by atoms with Crippen molar-refractivity contribution in [2.24, 2.45) is 5.73 Å². The van der Waals surface area contributed by atoms with Crippen LogP contribution in [-0.4, -0.2) is 30.2 Å². The summed E-state index contributed by atoms with van der Waals surface area (Å²) >= 11 is 0. The van der Waals surface area contributed by atoms with E-state index in [0.717, 1.165) is 0 Å². The van der Waals surface area contributed by atoms with E-state index in [-0.39, 0.29) is 12.4 Å². The van der Waals surface area contributed by atoms with Crippen LogP contribution in [0.2, 0.25) is 0 Å². The van der Waals surface area contributed by atoms with Crippen LogP contribution in [0, 0.1) is 5.82 Å². The number of carboxylic acid groups (broad SMARTS) is 1. The monoisotopic (exact) mass is 226 g/mol. The smallest absolute Gasteiger partial charge is 0.321 e. The molecule has 4 N–H and O–H groups in total. The van der Waals surface area contributed by atoms with Gasteiger partial charge in [-0.3, -0.25) is 4.79 Å². The molecule has 0 amide bonds. The zero-order valence-corrected chi connectivity index (χ0v) is 8.82. The van der Waals surface area contributed by atoms with Crippen molar-refractivity contribution in [2.45, 2.75) is 12.5 Å². The summed E-state index contributed by atoms with van der Waals surface area (Å²) in [5, 5.41) is 11.4. The lowest BCUT2D eigenvalue weighted by Crippen LogP contribution is -2.40. The predicted octanol–water partition coefficient (Wildman–Crippen LogP) is 0.370. The van der Waals surface area contributed by atoms with E-state index in [0.29, 0.717) is 18.5 Å². The zero-order chi connectivity index (χ0) is 12.0. The third kappa shape index (κ3) is 3.96. The third-order valence-corrected chi connectivity index (χ3v) is 2.21. The summed E-state index contributed by atoms with van der Waals surface area (Å²) in [5.41, 5.74) is 5.90. The maximum Gasteiger partial charge on any atom is 0.321 e. The Morgan fingerprint density at radius 1 is 1.50 bits per heavy atom. The lowest BCUT2D eigenvalue weighted by Gasteiger charge is -2.08. The van der Waals surface area contributed by atoms with Gasteiger partial charge in [-0.15, -0.1) is 0 Å². The van der Waals surface area contributed by atoms with E-state index >= 15 is 0 Å². The van der Waals surface area contributed by atoms with Crippen LogP contribution in [0.15, 0.2) is 24.3 Å². The first-order valence-corrected chi connectivity index (χ1v) is 5.03. The molecule has 0 heterocycles. The van der Waals surface area contributed by atoms with Crippen LogP contribution in [0.5, 0.6) is 0 Å². The highest BCUT2D eigenvalue weighted by molar-refractivity contribution is 5.73. The van der Waals surface area contributed by atoms with Crippen LogP contribution in [0.25, 0.3) is 0 Å². The van der Waals surface area contributed by atoms with Gasteiger partial charge in [0.15, 0.2) is 0 Å². The van der Waals surface area contributed by atoms with Gasteiger partial charge in [0.25, 0.3) is 0 Å². The number of nitrogens with two attached hydrogens (primary N) is 1. The van der Waals surface area contributed by atoms with Gasteiger partial charge in [-0.2, -0.15) is 0 Å². The number of halogens is 1. The highest BCUT2D eigenvalue weighted by atomic mass is 19.1. The topological polar surface area (TPSA) is 75.3 Å². The Bertz CT molecular complexity index is 358. The highest BCUT2D eigenvalue weighted by Crippen LogP contribution is 2.05. The molecule has 1 aromatic rings. The fraction of sp³-hybridized carbons (Fsp3) is 0.364. The van der Waals surface area contributed by atoms with Crippen molar-refractivity contribution in [1.82, 2.24) is 5.32 Å². The van der Waals surface area contributed by atoms with Gasteiger partial charge in [0.05, 0.1) is 0 Å². The lowest BCUT2D eigenvalue weighted by atomic mass is 10.1. The molecule has 1 atom stereocenters. The van der Waals surface area contributed by atoms with Crippen LogP contribution >= 0.6 is 0 Å². The predicted molar refractivity (Wildman–Crippen MR) is 58.6 cm³/mol. The van der Waals surface area contributed by atoms with Crippen LogP contribution in [0.3, 0.4) is 0 Å². The van der Waals surface area contributed by atoms with Gasteiger partial charge in [-0.05, 0) is 24.6 Å². The van der Waals surface area contributed by atoms with Gasteiger partial charge in [0.1, 0.15) is 11.9 Å². The maximum absolute atomic E-state index is 13.2. The van der Waals surface area contributed by atoms with Crippen molar-refractivity contribution in [3.05, 3.63) is 35.6 Å². The summed E-state index contributed by atoms with van der Waals surface area (Å²) in [6, 6.07) is 5.58. The summed E-state index contributed by atoms with van der Waals surface area (Å²) in [5.74, 6) is -1.29. The SMILES string of the molecule is NC(CNCCc1ccccc1F)C(=O)O. The minimum absolute atomic E-state index is 0.184. The van der Waals surface area contributed by atoms with Crippen molar-refractivity contribution in [3.63, 3.8) is 0 Å². The number of aliphatic carboxylic acids is 1. The molecule has 0 saturated carbocycles. The highest BCUT2D eigenvalue weighted by Gasteiger charge is 2.09. The molecule has 0 aromatic heterocycles. The zero-order valence-electron chi connectivity index (χ0n) is 8.82. The van der Waals surface area contributed by atoms with Crippen molar-refractivity contribution >= 4 is 5.97 Å². The number of hydrogen-bond donors (Lipinski definition) is 3. The molecule has 0 saturated heterocycles.